The van der Waals surface area contributed by atoms with Crippen molar-refractivity contribution in [3.05, 3.63) is 50.4 Å². The van der Waals surface area contributed by atoms with Crippen LogP contribution in [0.15, 0.2) is 27.9 Å². The zero-order valence-corrected chi connectivity index (χ0v) is 15.3. The molecule has 0 atom stereocenters. The Labute approximate surface area is 157 Å². The van der Waals surface area contributed by atoms with Crippen molar-refractivity contribution < 1.29 is 18.0 Å². The van der Waals surface area contributed by atoms with E-state index in [-0.39, 0.29) is 30.2 Å². The molecule has 152 valence electrons. The topological polar surface area (TPSA) is 114 Å². The van der Waals surface area contributed by atoms with E-state index in [1.54, 1.807) is 6.92 Å². The predicted octanol–water partition coefficient (Wildman–Crippen LogP) is 2.00. The van der Waals surface area contributed by atoms with Crippen LogP contribution in [0, 0.1) is 0 Å². The highest BCUT2D eigenvalue weighted by atomic mass is 19.4. The van der Waals surface area contributed by atoms with Gasteiger partial charge >= 0.3 is 11.9 Å². The van der Waals surface area contributed by atoms with Crippen LogP contribution in [-0.4, -0.2) is 27.0 Å². The largest absolute Gasteiger partial charge is 0.433 e. The Morgan fingerprint density at radius 3 is 2.46 bits per heavy atom. The standard InChI is InChI=1S/C17H20F3N5O3/c1-3-5-8-25-13(21)12(14(26)23-16(25)28)24(4-2)15(27)10-6-7-11(22-9-10)17(18,19)20/h6-7,9H,3-5,8,21H2,1-2H3,(H,23,26,28). The first kappa shape index (κ1) is 21.2. The quantitative estimate of drug-likeness (QED) is 0.771. The van der Waals surface area contributed by atoms with Gasteiger partial charge < -0.3 is 10.6 Å². The maximum absolute atomic E-state index is 12.8. The highest BCUT2D eigenvalue weighted by Gasteiger charge is 2.32. The number of aromatic amines is 1. The molecule has 0 aliphatic heterocycles. The Morgan fingerprint density at radius 2 is 1.96 bits per heavy atom. The number of carbonyl (C=O) groups is 1. The number of amides is 1. The Kier molecular flexibility index (Phi) is 6.26. The fraction of sp³-hybridized carbons (Fsp3) is 0.412. The van der Waals surface area contributed by atoms with Gasteiger partial charge in [-0.05, 0) is 25.5 Å². The fourth-order valence-corrected chi connectivity index (χ4v) is 2.62. The second-order valence-corrected chi connectivity index (χ2v) is 5.98. The molecule has 0 saturated heterocycles. The predicted molar refractivity (Wildman–Crippen MR) is 97.2 cm³/mol. The number of H-pyrrole nitrogens is 1. The van der Waals surface area contributed by atoms with Gasteiger partial charge in [0.2, 0.25) is 0 Å². The number of nitrogens with one attached hydrogen (secondary N) is 1. The summed E-state index contributed by atoms with van der Waals surface area (Å²) in [6.07, 6.45) is -2.46. The molecule has 2 heterocycles. The van der Waals surface area contributed by atoms with Gasteiger partial charge in [0.25, 0.3) is 11.5 Å². The van der Waals surface area contributed by atoms with Gasteiger partial charge in [0.1, 0.15) is 11.5 Å². The van der Waals surface area contributed by atoms with Crippen LogP contribution < -0.4 is 21.9 Å². The summed E-state index contributed by atoms with van der Waals surface area (Å²) in [6, 6.07) is 1.65. The van der Waals surface area contributed by atoms with Crippen LogP contribution >= 0.6 is 0 Å². The maximum atomic E-state index is 12.8. The summed E-state index contributed by atoms with van der Waals surface area (Å²) in [5.41, 5.74) is 2.91. The second kappa shape index (κ2) is 8.28. The van der Waals surface area contributed by atoms with Crippen LogP contribution in [0.3, 0.4) is 0 Å². The number of carbonyl (C=O) groups excluding carboxylic acids is 1. The molecular weight excluding hydrogens is 379 g/mol. The van der Waals surface area contributed by atoms with E-state index < -0.39 is 29.0 Å². The van der Waals surface area contributed by atoms with E-state index in [9.17, 15) is 27.6 Å². The molecule has 0 saturated carbocycles. The van der Waals surface area contributed by atoms with Crippen molar-refractivity contribution in [1.29, 1.82) is 0 Å². The number of unbranched alkanes of at least 4 members (excludes halogenated alkanes) is 1. The number of alkyl halides is 3. The fourth-order valence-electron chi connectivity index (χ4n) is 2.62. The van der Waals surface area contributed by atoms with Gasteiger partial charge in [0, 0.05) is 19.3 Å². The van der Waals surface area contributed by atoms with Gasteiger partial charge in [-0.3, -0.25) is 24.1 Å². The van der Waals surface area contributed by atoms with E-state index in [4.69, 9.17) is 5.73 Å². The van der Waals surface area contributed by atoms with Crippen LogP contribution in [0.2, 0.25) is 0 Å². The summed E-state index contributed by atoms with van der Waals surface area (Å²) in [4.78, 5) is 43.4. The maximum Gasteiger partial charge on any atom is 0.433 e. The Morgan fingerprint density at radius 1 is 1.29 bits per heavy atom. The molecule has 2 rings (SSSR count). The molecule has 0 unspecified atom stereocenters. The molecule has 0 bridgehead atoms. The first-order valence-electron chi connectivity index (χ1n) is 8.59. The Balaban J connectivity index is 2.49. The molecule has 8 nitrogen and oxygen atoms in total. The van der Waals surface area contributed by atoms with Gasteiger partial charge in [-0.1, -0.05) is 13.3 Å². The highest BCUT2D eigenvalue weighted by Crippen LogP contribution is 2.27. The van der Waals surface area contributed by atoms with E-state index in [1.165, 1.54) is 0 Å². The minimum atomic E-state index is -4.64. The van der Waals surface area contributed by atoms with Crippen molar-refractivity contribution >= 4 is 17.4 Å². The third-order valence-corrected chi connectivity index (χ3v) is 4.08. The van der Waals surface area contributed by atoms with Crippen LogP contribution in [-0.2, 0) is 12.7 Å². The average Bonchev–Trinajstić information content (AvgIpc) is 2.63. The zero-order valence-electron chi connectivity index (χ0n) is 15.3. The summed E-state index contributed by atoms with van der Waals surface area (Å²) in [5, 5.41) is 0. The van der Waals surface area contributed by atoms with E-state index in [2.05, 4.69) is 9.97 Å². The smallest absolute Gasteiger partial charge is 0.383 e. The van der Waals surface area contributed by atoms with Crippen molar-refractivity contribution in [2.75, 3.05) is 17.2 Å². The zero-order chi connectivity index (χ0) is 21.1. The first-order chi connectivity index (χ1) is 13.1. The lowest BCUT2D eigenvalue weighted by Gasteiger charge is -2.23. The van der Waals surface area contributed by atoms with E-state index in [0.29, 0.717) is 12.5 Å². The molecule has 11 heteroatoms. The van der Waals surface area contributed by atoms with E-state index in [1.807, 2.05) is 6.92 Å². The van der Waals surface area contributed by atoms with Crippen LogP contribution in [0.1, 0.15) is 42.7 Å². The molecule has 28 heavy (non-hydrogen) atoms. The summed E-state index contributed by atoms with van der Waals surface area (Å²) in [6.45, 7) is 3.72. The minimum Gasteiger partial charge on any atom is -0.383 e. The molecule has 0 spiro atoms. The van der Waals surface area contributed by atoms with Gasteiger partial charge in [-0.2, -0.15) is 13.2 Å². The van der Waals surface area contributed by atoms with Crippen molar-refractivity contribution in [3.63, 3.8) is 0 Å². The molecule has 2 aromatic rings. The molecule has 2 aromatic heterocycles. The van der Waals surface area contributed by atoms with Gasteiger partial charge in [0.05, 0.1) is 5.56 Å². The number of anilines is 2. The lowest BCUT2D eigenvalue weighted by Crippen LogP contribution is -2.41. The SMILES string of the molecule is CCCCn1c(N)c(N(CC)C(=O)c2ccc(C(F)(F)F)nc2)c(=O)[nH]c1=O. The van der Waals surface area contributed by atoms with Crippen LogP contribution in [0.4, 0.5) is 24.7 Å². The molecule has 1 amide bonds. The summed E-state index contributed by atoms with van der Waals surface area (Å²) >= 11 is 0. The van der Waals surface area contributed by atoms with Gasteiger partial charge in [-0.15, -0.1) is 0 Å². The third-order valence-electron chi connectivity index (χ3n) is 4.08. The summed E-state index contributed by atoms with van der Waals surface area (Å²) in [7, 11) is 0. The molecule has 0 radical (unpaired) electrons. The number of rotatable bonds is 6. The number of nitrogen functional groups attached to an aromatic ring is 1. The first-order valence-corrected chi connectivity index (χ1v) is 8.59. The number of aromatic nitrogens is 3. The lowest BCUT2D eigenvalue weighted by molar-refractivity contribution is -0.141. The van der Waals surface area contributed by atoms with E-state index >= 15 is 0 Å². The van der Waals surface area contributed by atoms with Crippen LogP contribution in [0.5, 0.6) is 0 Å². The Hall–Kier alpha value is -3.11. The third kappa shape index (κ3) is 4.24. The van der Waals surface area contributed by atoms with Crippen molar-refractivity contribution in [2.45, 2.75) is 39.4 Å². The highest BCUT2D eigenvalue weighted by molar-refractivity contribution is 6.07. The van der Waals surface area contributed by atoms with Crippen LogP contribution in [0.25, 0.3) is 0 Å². The summed E-state index contributed by atoms with van der Waals surface area (Å²) < 4.78 is 39.1. The summed E-state index contributed by atoms with van der Waals surface area (Å²) in [5.74, 6) is -0.945. The van der Waals surface area contributed by atoms with Crippen molar-refractivity contribution in [1.82, 2.24) is 14.5 Å². The lowest BCUT2D eigenvalue weighted by atomic mass is 10.2. The van der Waals surface area contributed by atoms with Crippen molar-refractivity contribution in [2.24, 2.45) is 0 Å². The van der Waals surface area contributed by atoms with E-state index in [0.717, 1.165) is 28.2 Å². The second-order valence-electron chi connectivity index (χ2n) is 5.98. The van der Waals surface area contributed by atoms with Crippen molar-refractivity contribution in [3.8, 4) is 0 Å². The number of nitrogens with two attached hydrogens (primary N) is 1. The number of halogens is 3. The molecule has 0 fully saturated rings. The molecule has 0 aliphatic rings. The monoisotopic (exact) mass is 399 g/mol. The Bertz CT molecular complexity index is 964. The average molecular weight is 399 g/mol. The minimum absolute atomic E-state index is 0.000876. The van der Waals surface area contributed by atoms with Gasteiger partial charge in [-0.25, -0.2) is 4.79 Å². The van der Waals surface area contributed by atoms with Gasteiger partial charge in [0.15, 0.2) is 5.69 Å². The molecule has 3 N–H and O–H groups in total. The number of pyridine rings is 1. The molecular formula is C17H20F3N5O3. The normalized spacial score (nSPS) is 11.5. The number of nitrogens with zero attached hydrogens (tertiary/aromatic N) is 3. The number of hydrogen-bond acceptors (Lipinski definition) is 5. The molecule has 0 aromatic carbocycles. The number of hydrogen-bond donors (Lipinski definition) is 2. The molecule has 0 aliphatic carbocycles.